The van der Waals surface area contributed by atoms with Gasteiger partial charge < -0.3 is 10.1 Å². The monoisotopic (exact) mass is 269 g/mol. The van der Waals surface area contributed by atoms with Crippen molar-refractivity contribution in [1.82, 2.24) is 9.97 Å². The highest BCUT2D eigenvalue weighted by molar-refractivity contribution is 6.30. The molecule has 0 unspecified atom stereocenters. The molecule has 100 valence electrons. The lowest BCUT2D eigenvalue weighted by Crippen LogP contribution is -2.28. The maximum Gasteiger partial charge on any atom is 0.137 e. The van der Waals surface area contributed by atoms with Crippen molar-refractivity contribution >= 4 is 17.4 Å². The van der Waals surface area contributed by atoms with Crippen LogP contribution in [-0.4, -0.2) is 29.2 Å². The van der Waals surface area contributed by atoms with Crippen molar-refractivity contribution in [2.24, 2.45) is 0 Å². The Morgan fingerprint density at radius 2 is 2.06 bits per heavy atom. The van der Waals surface area contributed by atoms with Crippen molar-refractivity contribution in [3.8, 4) is 0 Å². The fourth-order valence-corrected chi connectivity index (χ4v) is 2.23. The van der Waals surface area contributed by atoms with Gasteiger partial charge in [0.25, 0.3) is 0 Å². The van der Waals surface area contributed by atoms with E-state index in [0.717, 1.165) is 56.1 Å². The van der Waals surface area contributed by atoms with E-state index in [2.05, 4.69) is 22.2 Å². The highest BCUT2D eigenvalue weighted by Gasteiger charge is 2.16. The molecule has 0 atom stereocenters. The largest absolute Gasteiger partial charge is 0.381 e. The van der Waals surface area contributed by atoms with Gasteiger partial charge >= 0.3 is 0 Å². The molecule has 5 heteroatoms. The highest BCUT2D eigenvalue weighted by atomic mass is 35.5. The zero-order valence-electron chi connectivity index (χ0n) is 11.0. The Kier molecular flexibility index (Phi) is 4.78. The molecule has 1 aromatic heterocycles. The van der Waals surface area contributed by atoms with E-state index in [4.69, 9.17) is 16.3 Å². The van der Waals surface area contributed by atoms with Gasteiger partial charge in [-0.15, -0.1) is 0 Å². The number of aryl methyl sites for hydroxylation is 1. The number of aromatic nitrogens is 2. The first-order valence-electron chi connectivity index (χ1n) is 6.58. The lowest BCUT2D eigenvalue weighted by molar-refractivity contribution is 0.0903. The van der Waals surface area contributed by atoms with Crippen LogP contribution in [0.25, 0.3) is 0 Å². The van der Waals surface area contributed by atoms with Gasteiger partial charge in [0.1, 0.15) is 16.8 Å². The Balaban J connectivity index is 2.14. The van der Waals surface area contributed by atoms with Gasteiger partial charge in [-0.2, -0.15) is 0 Å². The fraction of sp³-hybridized carbons (Fsp3) is 0.692. The molecule has 0 radical (unpaired) electrons. The topological polar surface area (TPSA) is 47.0 Å². The van der Waals surface area contributed by atoms with Crippen molar-refractivity contribution in [2.45, 2.75) is 45.6 Å². The third-order valence-electron chi connectivity index (χ3n) is 3.17. The van der Waals surface area contributed by atoms with Crippen molar-refractivity contribution < 1.29 is 4.74 Å². The molecule has 0 bridgehead atoms. The zero-order chi connectivity index (χ0) is 13.0. The molecule has 1 aliphatic rings. The first-order chi connectivity index (χ1) is 8.70. The lowest BCUT2D eigenvalue weighted by atomic mass is 10.1. The molecular formula is C13H20ClN3O. The maximum atomic E-state index is 6.16. The van der Waals surface area contributed by atoms with Crippen LogP contribution in [0, 0.1) is 6.92 Å². The van der Waals surface area contributed by atoms with Crippen molar-refractivity contribution in [3.05, 3.63) is 16.5 Å². The van der Waals surface area contributed by atoms with Crippen LogP contribution in [0.5, 0.6) is 0 Å². The molecule has 0 amide bonds. The van der Waals surface area contributed by atoms with E-state index in [9.17, 15) is 0 Å². The van der Waals surface area contributed by atoms with Crippen LogP contribution >= 0.6 is 11.6 Å². The van der Waals surface area contributed by atoms with E-state index in [1.165, 1.54) is 0 Å². The summed E-state index contributed by atoms with van der Waals surface area (Å²) >= 11 is 6.16. The molecule has 18 heavy (non-hydrogen) atoms. The summed E-state index contributed by atoms with van der Waals surface area (Å²) < 4.78 is 5.35. The van der Waals surface area contributed by atoms with Crippen molar-refractivity contribution in [2.75, 3.05) is 18.5 Å². The van der Waals surface area contributed by atoms with E-state index in [1.54, 1.807) is 0 Å². The predicted molar refractivity (Wildman–Crippen MR) is 73.2 cm³/mol. The summed E-state index contributed by atoms with van der Waals surface area (Å²) in [6.45, 7) is 5.71. The highest BCUT2D eigenvalue weighted by Crippen LogP contribution is 2.22. The third kappa shape index (κ3) is 3.33. The van der Waals surface area contributed by atoms with E-state index in [0.29, 0.717) is 11.2 Å². The number of hydrogen-bond acceptors (Lipinski definition) is 4. The van der Waals surface area contributed by atoms with Gasteiger partial charge in [-0.1, -0.05) is 18.5 Å². The molecule has 2 rings (SSSR count). The van der Waals surface area contributed by atoms with Crippen LogP contribution in [0.3, 0.4) is 0 Å². The molecule has 0 aromatic carbocycles. The van der Waals surface area contributed by atoms with Crippen LogP contribution < -0.4 is 5.32 Å². The van der Waals surface area contributed by atoms with Crippen LogP contribution in [0.4, 0.5) is 5.82 Å². The van der Waals surface area contributed by atoms with Gasteiger partial charge in [0.2, 0.25) is 0 Å². The van der Waals surface area contributed by atoms with Crippen molar-refractivity contribution in [1.29, 1.82) is 0 Å². The average Bonchev–Trinajstić information content (AvgIpc) is 2.37. The minimum atomic E-state index is 0.429. The summed E-state index contributed by atoms with van der Waals surface area (Å²) in [6, 6.07) is 0.429. The Hall–Kier alpha value is -0.870. The second-order valence-corrected chi connectivity index (χ2v) is 5.04. The Morgan fingerprint density at radius 1 is 1.33 bits per heavy atom. The lowest BCUT2D eigenvalue weighted by Gasteiger charge is -2.24. The number of nitrogens with one attached hydrogen (secondary N) is 1. The number of rotatable bonds is 4. The molecule has 0 aliphatic carbocycles. The molecule has 1 aromatic rings. The van der Waals surface area contributed by atoms with E-state index in [-0.39, 0.29) is 0 Å². The SMILES string of the molecule is CCCc1nc(Cl)c(C)c(NC2CCOCC2)n1. The van der Waals surface area contributed by atoms with Crippen LogP contribution in [0.2, 0.25) is 5.15 Å². The fourth-order valence-electron chi connectivity index (χ4n) is 2.04. The number of anilines is 1. The van der Waals surface area contributed by atoms with Gasteiger partial charge in [-0.05, 0) is 26.2 Å². The predicted octanol–water partition coefficient (Wildman–Crippen LogP) is 2.98. The molecule has 1 aliphatic heterocycles. The summed E-state index contributed by atoms with van der Waals surface area (Å²) in [5.74, 6) is 1.70. The van der Waals surface area contributed by atoms with E-state index in [1.807, 2.05) is 6.92 Å². The molecule has 2 heterocycles. The van der Waals surface area contributed by atoms with E-state index >= 15 is 0 Å². The maximum absolute atomic E-state index is 6.16. The molecule has 1 fully saturated rings. The minimum absolute atomic E-state index is 0.429. The van der Waals surface area contributed by atoms with Gasteiger partial charge in [0, 0.05) is 31.2 Å². The van der Waals surface area contributed by atoms with Gasteiger partial charge in [0.15, 0.2) is 0 Å². The second-order valence-electron chi connectivity index (χ2n) is 4.69. The first kappa shape index (κ1) is 13.6. The Labute approximate surface area is 113 Å². The minimum Gasteiger partial charge on any atom is -0.381 e. The molecule has 0 spiro atoms. The Bertz CT molecular complexity index is 405. The molecular weight excluding hydrogens is 250 g/mol. The number of ether oxygens (including phenoxy) is 1. The zero-order valence-corrected chi connectivity index (χ0v) is 11.8. The third-order valence-corrected chi connectivity index (χ3v) is 3.54. The number of hydrogen-bond donors (Lipinski definition) is 1. The summed E-state index contributed by atoms with van der Waals surface area (Å²) in [5.41, 5.74) is 0.933. The standard InChI is InChI=1S/C13H20ClN3O/c1-3-4-11-16-12(14)9(2)13(17-11)15-10-5-7-18-8-6-10/h10H,3-8H2,1-2H3,(H,15,16,17). The van der Waals surface area contributed by atoms with Crippen LogP contribution in [0.1, 0.15) is 37.6 Å². The number of halogens is 1. The van der Waals surface area contributed by atoms with Gasteiger partial charge in [-0.3, -0.25) is 0 Å². The molecule has 1 saturated heterocycles. The smallest absolute Gasteiger partial charge is 0.137 e. The summed E-state index contributed by atoms with van der Waals surface area (Å²) in [4.78, 5) is 8.88. The molecule has 4 nitrogen and oxygen atoms in total. The van der Waals surface area contributed by atoms with Gasteiger partial charge in [0.05, 0.1) is 0 Å². The Morgan fingerprint density at radius 3 is 2.72 bits per heavy atom. The van der Waals surface area contributed by atoms with Crippen LogP contribution in [-0.2, 0) is 11.2 Å². The quantitative estimate of drug-likeness (QED) is 0.854. The number of nitrogens with zero attached hydrogens (tertiary/aromatic N) is 2. The van der Waals surface area contributed by atoms with E-state index < -0.39 is 0 Å². The van der Waals surface area contributed by atoms with Crippen LogP contribution in [0.15, 0.2) is 0 Å². The molecule has 0 saturated carbocycles. The summed E-state index contributed by atoms with van der Waals surface area (Å²) in [7, 11) is 0. The average molecular weight is 270 g/mol. The molecule has 1 N–H and O–H groups in total. The normalized spacial score (nSPS) is 16.8. The van der Waals surface area contributed by atoms with Crippen molar-refractivity contribution in [3.63, 3.8) is 0 Å². The summed E-state index contributed by atoms with van der Waals surface area (Å²) in [5, 5.41) is 4.03. The first-order valence-corrected chi connectivity index (χ1v) is 6.95. The summed E-state index contributed by atoms with van der Waals surface area (Å²) in [6.07, 6.45) is 3.92. The second kappa shape index (κ2) is 6.34. The van der Waals surface area contributed by atoms with Gasteiger partial charge in [-0.25, -0.2) is 9.97 Å².